The van der Waals surface area contributed by atoms with E-state index in [4.69, 9.17) is 5.73 Å². The second-order valence-electron chi connectivity index (χ2n) is 8.04. The maximum absolute atomic E-state index is 14.8. The van der Waals surface area contributed by atoms with Crippen molar-refractivity contribution in [3.63, 3.8) is 0 Å². The lowest BCUT2D eigenvalue weighted by molar-refractivity contribution is 0.604. The molecule has 0 aliphatic carbocycles. The van der Waals surface area contributed by atoms with Crippen molar-refractivity contribution in [2.75, 3.05) is 18.4 Å². The molecule has 3 heterocycles. The molecule has 5 rings (SSSR count). The Morgan fingerprint density at radius 1 is 1.15 bits per heavy atom. The van der Waals surface area contributed by atoms with E-state index >= 15 is 0 Å². The highest BCUT2D eigenvalue weighted by Gasteiger charge is 2.17. The van der Waals surface area contributed by atoms with Gasteiger partial charge in [0.1, 0.15) is 5.69 Å². The molecule has 9 heteroatoms. The first-order valence-electron chi connectivity index (χ1n) is 11.1. The molecule has 0 amide bonds. The number of nitrogens with zero attached hydrogens (tertiary/aromatic N) is 5. The highest BCUT2D eigenvalue weighted by atomic mass is 32.1. The van der Waals surface area contributed by atoms with E-state index in [-0.39, 0.29) is 11.6 Å². The summed E-state index contributed by atoms with van der Waals surface area (Å²) in [5.41, 5.74) is 9.73. The number of nitrogens with one attached hydrogen (secondary N) is 1. The number of hydrogen-bond donors (Lipinski definition) is 2. The third-order valence-electron chi connectivity index (χ3n) is 5.75. The Bertz CT molecular complexity index is 1410. The van der Waals surface area contributed by atoms with Crippen molar-refractivity contribution < 1.29 is 4.39 Å². The van der Waals surface area contributed by atoms with Crippen LogP contribution in [0.15, 0.2) is 67.1 Å². The van der Waals surface area contributed by atoms with E-state index < -0.39 is 5.82 Å². The lowest BCUT2D eigenvalue weighted by Crippen LogP contribution is -2.13. The fourth-order valence-electron chi connectivity index (χ4n) is 3.95. The van der Waals surface area contributed by atoms with Gasteiger partial charge in [0, 0.05) is 17.4 Å². The van der Waals surface area contributed by atoms with E-state index in [0.717, 1.165) is 26.1 Å². The summed E-state index contributed by atoms with van der Waals surface area (Å²) in [4.78, 5) is 9.32. The third kappa shape index (κ3) is 4.40. The minimum absolute atomic E-state index is 0.233. The van der Waals surface area contributed by atoms with Gasteiger partial charge >= 0.3 is 0 Å². The zero-order valence-electron chi connectivity index (χ0n) is 18.6. The van der Waals surface area contributed by atoms with Gasteiger partial charge in [-0.2, -0.15) is 0 Å². The van der Waals surface area contributed by atoms with Crippen LogP contribution in [0.2, 0.25) is 0 Å². The van der Waals surface area contributed by atoms with Crippen LogP contribution in [0, 0.1) is 5.82 Å². The minimum atomic E-state index is -0.452. The van der Waals surface area contributed by atoms with E-state index in [2.05, 4.69) is 50.7 Å². The van der Waals surface area contributed by atoms with Crippen LogP contribution in [0.1, 0.15) is 18.4 Å². The predicted molar refractivity (Wildman–Crippen MR) is 134 cm³/mol. The van der Waals surface area contributed by atoms with Gasteiger partial charge in [-0.1, -0.05) is 54.6 Å². The maximum atomic E-state index is 14.8. The van der Waals surface area contributed by atoms with Gasteiger partial charge in [0.2, 0.25) is 5.95 Å². The van der Waals surface area contributed by atoms with Crippen LogP contribution in [0.5, 0.6) is 0 Å². The fraction of sp³-hybridized carbons (Fsp3) is 0.200. The highest BCUT2D eigenvalue weighted by molar-refractivity contribution is 7.22. The molecule has 0 fully saturated rings. The predicted octanol–water partition coefficient (Wildman–Crippen LogP) is 4.93. The molecule has 0 spiro atoms. The van der Waals surface area contributed by atoms with Crippen molar-refractivity contribution in [1.29, 1.82) is 0 Å². The van der Waals surface area contributed by atoms with Crippen molar-refractivity contribution in [3.05, 3.63) is 78.5 Å². The molecule has 0 unspecified atom stereocenters. The molecule has 3 N–H and O–H groups in total. The molecule has 0 aliphatic heterocycles. The molecule has 5 aromatic rings. The topological polar surface area (TPSA) is 94.5 Å². The Morgan fingerprint density at radius 2 is 2.00 bits per heavy atom. The minimum Gasteiger partial charge on any atom is -0.352 e. The molecular weight excluding hydrogens is 449 g/mol. The van der Waals surface area contributed by atoms with Gasteiger partial charge in [-0.25, -0.2) is 14.4 Å². The van der Waals surface area contributed by atoms with Gasteiger partial charge < -0.3 is 11.1 Å². The summed E-state index contributed by atoms with van der Waals surface area (Å²) in [7, 11) is 0. The monoisotopic (exact) mass is 473 g/mol. The van der Waals surface area contributed by atoms with Gasteiger partial charge in [-0.05, 0) is 40.6 Å². The summed E-state index contributed by atoms with van der Waals surface area (Å²) in [6, 6.07) is 16.5. The van der Waals surface area contributed by atoms with Crippen LogP contribution >= 0.6 is 11.3 Å². The number of aromatic nitrogens is 5. The molecule has 7 nitrogen and oxygen atoms in total. The first kappa shape index (κ1) is 22.1. The number of anilines is 1. The largest absolute Gasteiger partial charge is 0.352 e. The normalized spacial score (nSPS) is 12.2. The van der Waals surface area contributed by atoms with Crippen LogP contribution in [-0.2, 0) is 6.54 Å². The number of benzene rings is 2. The number of halogens is 1. The zero-order chi connectivity index (χ0) is 23.5. The standard InChI is InChI=1S/C25H24FN7S/c1-16(14-27)18-6-2-3-7-19(18)20-8-4-5-17-13-22(34-24(17)20)23-21(26)15-29-25(31-23)28-9-11-33-12-10-30-32-33/h2-8,10,12-13,15-16H,9,11,14,27H2,1H3,(H,28,29,31)/t16-/m0/s1. The van der Waals surface area contributed by atoms with Gasteiger partial charge in [0.05, 0.1) is 23.8 Å². The van der Waals surface area contributed by atoms with Gasteiger partial charge in [0.25, 0.3) is 0 Å². The van der Waals surface area contributed by atoms with Gasteiger partial charge in [-0.3, -0.25) is 4.68 Å². The second-order valence-corrected chi connectivity index (χ2v) is 9.09. The lowest BCUT2D eigenvalue weighted by atomic mass is 9.91. The highest BCUT2D eigenvalue weighted by Crippen LogP contribution is 2.41. The SMILES string of the molecule is C[C@@H](CN)c1ccccc1-c1cccc2cc(-c3nc(NCCn4ccnn4)ncc3F)sc12. The lowest BCUT2D eigenvalue weighted by Gasteiger charge is -2.15. The van der Waals surface area contributed by atoms with E-state index in [1.54, 1.807) is 17.1 Å². The Balaban J connectivity index is 1.49. The summed E-state index contributed by atoms with van der Waals surface area (Å²) in [5, 5.41) is 11.9. The summed E-state index contributed by atoms with van der Waals surface area (Å²) in [5.74, 6) is 0.153. The quantitative estimate of drug-likeness (QED) is 0.332. The average molecular weight is 474 g/mol. The van der Waals surface area contributed by atoms with Crippen molar-refractivity contribution in [1.82, 2.24) is 25.0 Å². The molecule has 34 heavy (non-hydrogen) atoms. The van der Waals surface area contributed by atoms with Crippen molar-refractivity contribution in [3.8, 4) is 21.7 Å². The Labute approximate surface area is 200 Å². The average Bonchev–Trinajstić information content (AvgIpc) is 3.54. The van der Waals surface area contributed by atoms with Crippen LogP contribution < -0.4 is 11.1 Å². The maximum Gasteiger partial charge on any atom is 0.223 e. The second kappa shape index (κ2) is 9.66. The molecule has 1 atom stereocenters. The molecule has 0 bridgehead atoms. The molecular formula is C25H24FN7S. The van der Waals surface area contributed by atoms with Crippen LogP contribution in [0.4, 0.5) is 10.3 Å². The van der Waals surface area contributed by atoms with E-state index in [1.165, 1.54) is 23.1 Å². The number of rotatable bonds is 8. The molecule has 0 saturated heterocycles. The first-order valence-corrected chi connectivity index (χ1v) is 11.9. The zero-order valence-corrected chi connectivity index (χ0v) is 19.5. The van der Waals surface area contributed by atoms with Crippen LogP contribution in [0.25, 0.3) is 31.8 Å². The Morgan fingerprint density at radius 3 is 2.82 bits per heavy atom. The number of thiophene rings is 1. The molecule has 3 aromatic heterocycles. The van der Waals surface area contributed by atoms with E-state index in [9.17, 15) is 4.39 Å². The van der Waals surface area contributed by atoms with E-state index in [0.29, 0.717) is 25.6 Å². The van der Waals surface area contributed by atoms with Crippen molar-refractivity contribution >= 4 is 27.4 Å². The molecule has 172 valence electrons. The van der Waals surface area contributed by atoms with Gasteiger partial charge in [0.15, 0.2) is 5.82 Å². The van der Waals surface area contributed by atoms with E-state index in [1.807, 2.05) is 30.3 Å². The molecule has 0 radical (unpaired) electrons. The number of hydrogen-bond acceptors (Lipinski definition) is 7. The van der Waals surface area contributed by atoms with Gasteiger partial charge in [-0.15, -0.1) is 16.4 Å². The molecule has 0 saturated carbocycles. The Hall–Kier alpha value is -3.69. The van der Waals surface area contributed by atoms with Crippen molar-refractivity contribution in [2.24, 2.45) is 5.73 Å². The summed E-state index contributed by atoms with van der Waals surface area (Å²) in [6.07, 6.45) is 4.61. The number of fused-ring (bicyclic) bond motifs is 1. The van der Waals surface area contributed by atoms with Crippen molar-refractivity contribution in [2.45, 2.75) is 19.4 Å². The summed E-state index contributed by atoms with van der Waals surface area (Å²) in [6.45, 7) is 3.85. The molecule has 2 aromatic carbocycles. The third-order valence-corrected chi connectivity index (χ3v) is 6.94. The summed E-state index contributed by atoms with van der Waals surface area (Å²) >= 11 is 1.53. The fourth-order valence-corrected chi connectivity index (χ4v) is 5.13. The number of nitrogens with two attached hydrogens (primary N) is 1. The Kier molecular flexibility index (Phi) is 6.29. The van der Waals surface area contributed by atoms with Crippen LogP contribution in [-0.4, -0.2) is 38.1 Å². The smallest absolute Gasteiger partial charge is 0.223 e. The molecule has 0 aliphatic rings. The van der Waals surface area contributed by atoms with Crippen LogP contribution in [0.3, 0.4) is 0 Å². The first-order chi connectivity index (χ1) is 16.6. The summed E-state index contributed by atoms with van der Waals surface area (Å²) < 4.78 is 17.6.